The lowest BCUT2D eigenvalue weighted by atomic mass is 9.88. The average Bonchev–Trinajstić information content (AvgIpc) is 2.22. The molecular formula is C14H26N4O. The molecule has 0 aromatic carbocycles. The van der Waals surface area contributed by atoms with Gasteiger partial charge in [0.25, 0.3) is 0 Å². The van der Waals surface area contributed by atoms with Crippen LogP contribution in [0.4, 0.5) is 5.95 Å². The predicted molar refractivity (Wildman–Crippen MR) is 76.8 cm³/mol. The van der Waals surface area contributed by atoms with Gasteiger partial charge in [-0.2, -0.15) is 9.97 Å². The maximum absolute atomic E-state index is 5.82. The topological polar surface area (TPSA) is 73.9 Å². The standard InChI is InChI=1S/C14H26N4O/c1-8-19-9(13(2,3)4)10-16-11(14(5,6)7)18-12(15)17-10/h9H,8H2,1-7H3,(H2,15,16,17,18). The summed E-state index contributed by atoms with van der Waals surface area (Å²) in [6, 6.07) is 0. The summed E-state index contributed by atoms with van der Waals surface area (Å²) in [4.78, 5) is 13.1. The summed E-state index contributed by atoms with van der Waals surface area (Å²) in [6.45, 7) is 15.0. The molecule has 19 heavy (non-hydrogen) atoms. The number of anilines is 1. The van der Waals surface area contributed by atoms with Gasteiger partial charge in [-0.15, -0.1) is 0 Å². The molecule has 2 N–H and O–H groups in total. The van der Waals surface area contributed by atoms with Crippen LogP contribution in [0, 0.1) is 5.41 Å². The van der Waals surface area contributed by atoms with Crippen LogP contribution in [0.25, 0.3) is 0 Å². The van der Waals surface area contributed by atoms with Crippen molar-refractivity contribution in [2.24, 2.45) is 5.41 Å². The molecule has 0 aliphatic carbocycles. The van der Waals surface area contributed by atoms with E-state index in [1.54, 1.807) is 0 Å². The van der Waals surface area contributed by atoms with Crippen molar-refractivity contribution < 1.29 is 4.74 Å². The second-order valence-electron chi connectivity index (χ2n) is 6.83. The Morgan fingerprint density at radius 3 is 2.05 bits per heavy atom. The van der Waals surface area contributed by atoms with Gasteiger partial charge in [-0.25, -0.2) is 4.98 Å². The molecule has 5 heteroatoms. The third-order valence-corrected chi connectivity index (χ3v) is 2.70. The van der Waals surface area contributed by atoms with Crippen molar-refractivity contribution in [3.05, 3.63) is 11.6 Å². The minimum Gasteiger partial charge on any atom is -0.370 e. The van der Waals surface area contributed by atoms with Crippen molar-refractivity contribution in [1.29, 1.82) is 0 Å². The molecule has 0 bridgehead atoms. The molecule has 0 amide bonds. The predicted octanol–water partition coefficient (Wildman–Crippen LogP) is 2.88. The first kappa shape index (κ1) is 15.8. The van der Waals surface area contributed by atoms with Crippen LogP contribution in [0.15, 0.2) is 0 Å². The molecule has 0 radical (unpaired) electrons. The van der Waals surface area contributed by atoms with Crippen molar-refractivity contribution >= 4 is 5.95 Å². The van der Waals surface area contributed by atoms with Gasteiger partial charge in [0.1, 0.15) is 11.9 Å². The van der Waals surface area contributed by atoms with Crippen LogP contribution < -0.4 is 5.73 Å². The Morgan fingerprint density at radius 1 is 1.05 bits per heavy atom. The Hall–Kier alpha value is -1.23. The summed E-state index contributed by atoms with van der Waals surface area (Å²) >= 11 is 0. The zero-order valence-corrected chi connectivity index (χ0v) is 13.1. The van der Waals surface area contributed by atoms with Gasteiger partial charge in [-0.1, -0.05) is 41.5 Å². The van der Waals surface area contributed by atoms with Crippen molar-refractivity contribution in [2.75, 3.05) is 12.3 Å². The van der Waals surface area contributed by atoms with Crippen molar-refractivity contribution in [1.82, 2.24) is 15.0 Å². The number of nitrogen functional groups attached to an aromatic ring is 1. The highest BCUT2D eigenvalue weighted by Gasteiger charge is 2.31. The highest BCUT2D eigenvalue weighted by atomic mass is 16.5. The van der Waals surface area contributed by atoms with Crippen LogP contribution >= 0.6 is 0 Å². The van der Waals surface area contributed by atoms with Gasteiger partial charge >= 0.3 is 0 Å². The zero-order chi connectivity index (χ0) is 14.8. The smallest absolute Gasteiger partial charge is 0.223 e. The first-order chi connectivity index (χ1) is 8.55. The maximum atomic E-state index is 5.82. The lowest BCUT2D eigenvalue weighted by Gasteiger charge is -2.30. The molecule has 1 rings (SSSR count). The molecule has 1 atom stereocenters. The van der Waals surface area contributed by atoms with Gasteiger partial charge in [-0.05, 0) is 12.3 Å². The summed E-state index contributed by atoms with van der Waals surface area (Å²) in [6.07, 6.45) is -0.191. The summed E-state index contributed by atoms with van der Waals surface area (Å²) in [7, 11) is 0. The second-order valence-corrected chi connectivity index (χ2v) is 6.83. The first-order valence-electron chi connectivity index (χ1n) is 6.69. The van der Waals surface area contributed by atoms with E-state index < -0.39 is 0 Å². The van der Waals surface area contributed by atoms with E-state index in [4.69, 9.17) is 10.5 Å². The monoisotopic (exact) mass is 266 g/mol. The van der Waals surface area contributed by atoms with E-state index in [0.29, 0.717) is 18.3 Å². The van der Waals surface area contributed by atoms with Crippen LogP contribution in [-0.2, 0) is 10.2 Å². The Morgan fingerprint density at radius 2 is 1.63 bits per heavy atom. The van der Waals surface area contributed by atoms with E-state index in [9.17, 15) is 0 Å². The minimum absolute atomic E-state index is 0.0983. The molecule has 108 valence electrons. The molecule has 1 heterocycles. The number of hydrogen-bond donors (Lipinski definition) is 1. The number of aromatic nitrogens is 3. The minimum atomic E-state index is -0.191. The average molecular weight is 266 g/mol. The Kier molecular flexibility index (Phi) is 4.50. The van der Waals surface area contributed by atoms with Gasteiger partial charge in [0.2, 0.25) is 5.95 Å². The Balaban J connectivity index is 3.28. The van der Waals surface area contributed by atoms with Crippen molar-refractivity contribution in [2.45, 2.75) is 60.0 Å². The lowest BCUT2D eigenvalue weighted by Crippen LogP contribution is -2.27. The quantitative estimate of drug-likeness (QED) is 0.910. The van der Waals surface area contributed by atoms with Crippen molar-refractivity contribution in [3.8, 4) is 0 Å². The molecule has 0 saturated carbocycles. The highest BCUT2D eigenvalue weighted by molar-refractivity contribution is 5.20. The summed E-state index contributed by atoms with van der Waals surface area (Å²) in [5.41, 5.74) is 5.55. The molecule has 0 saturated heterocycles. The Labute approximate surface area is 116 Å². The highest BCUT2D eigenvalue weighted by Crippen LogP contribution is 2.35. The third-order valence-electron chi connectivity index (χ3n) is 2.70. The first-order valence-corrected chi connectivity index (χ1v) is 6.69. The molecule has 0 fully saturated rings. The molecule has 1 unspecified atom stereocenters. The number of nitrogens with two attached hydrogens (primary N) is 1. The zero-order valence-electron chi connectivity index (χ0n) is 13.1. The van der Waals surface area contributed by atoms with Crippen LogP contribution in [0.1, 0.15) is 66.2 Å². The number of hydrogen-bond acceptors (Lipinski definition) is 5. The van der Waals surface area contributed by atoms with Crippen LogP contribution in [0.3, 0.4) is 0 Å². The molecule has 0 aliphatic heterocycles. The van der Waals surface area contributed by atoms with Crippen LogP contribution in [0.5, 0.6) is 0 Å². The van der Waals surface area contributed by atoms with Gasteiger partial charge in [0.15, 0.2) is 5.82 Å². The summed E-state index contributed by atoms with van der Waals surface area (Å²) < 4.78 is 5.81. The SMILES string of the molecule is CCOC(c1nc(N)nc(C(C)(C)C)n1)C(C)(C)C. The number of ether oxygens (including phenoxy) is 1. The van der Waals surface area contributed by atoms with E-state index >= 15 is 0 Å². The number of rotatable bonds is 3. The maximum Gasteiger partial charge on any atom is 0.223 e. The Bertz CT molecular complexity index is 432. The van der Waals surface area contributed by atoms with E-state index in [2.05, 4.69) is 56.5 Å². The fourth-order valence-electron chi connectivity index (χ4n) is 1.74. The van der Waals surface area contributed by atoms with Gasteiger partial charge in [0.05, 0.1) is 0 Å². The summed E-state index contributed by atoms with van der Waals surface area (Å²) in [5, 5.41) is 0. The molecule has 1 aromatic rings. The fourth-order valence-corrected chi connectivity index (χ4v) is 1.74. The van der Waals surface area contributed by atoms with E-state index in [1.165, 1.54) is 0 Å². The molecule has 0 spiro atoms. The second kappa shape index (κ2) is 5.41. The molecular weight excluding hydrogens is 240 g/mol. The third kappa shape index (κ3) is 4.13. The molecule has 0 aliphatic rings. The largest absolute Gasteiger partial charge is 0.370 e. The fraction of sp³-hybridized carbons (Fsp3) is 0.786. The lowest BCUT2D eigenvalue weighted by molar-refractivity contribution is -0.0194. The van der Waals surface area contributed by atoms with E-state index in [1.807, 2.05) is 6.92 Å². The molecule has 1 aromatic heterocycles. The normalized spacial score (nSPS) is 14.5. The van der Waals surface area contributed by atoms with E-state index in [-0.39, 0.29) is 22.9 Å². The van der Waals surface area contributed by atoms with Crippen LogP contribution in [0.2, 0.25) is 0 Å². The van der Waals surface area contributed by atoms with Crippen LogP contribution in [-0.4, -0.2) is 21.6 Å². The van der Waals surface area contributed by atoms with Gasteiger partial charge in [-0.3, -0.25) is 0 Å². The number of nitrogens with zero attached hydrogens (tertiary/aromatic N) is 3. The molecule has 5 nitrogen and oxygen atoms in total. The van der Waals surface area contributed by atoms with Crippen molar-refractivity contribution in [3.63, 3.8) is 0 Å². The van der Waals surface area contributed by atoms with E-state index in [0.717, 1.165) is 0 Å². The van der Waals surface area contributed by atoms with Gasteiger partial charge < -0.3 is 10.5 Å². The van der Waals surface area contributed by atoms with Gasteiger partial charge in [0, 0.05) is 12.0 Å². The summed E-state index contributed by atoms with van der Waals surface area (Å²) in [5.74, 6) is 1.57.